The van der Waals surface area contributed by atoms with Crippen molar-refractivity contribution in [3.05, 3.63) is 243 Å². The Morgan fingerprint density at radius 1 is 0.308 bits per heavy atom. The van der Waals surface area contributed by atoms with E-state index in [2.05, 4.69) is 199 Å². The third kappa shape index (κ3) is 7.13. The maximum Gasteiger partial charge on any atom is 0.227 e. The van der Waals surface area contributed by atoms with E-state index in [4.69, 9.17) is 13.8 Å². The first kappa shape index (κ1) is 38.0. The first-order valence-electron chi connectivity index (χ1n) is 21.9. The monoisotopic (exact) mass is 832 g/mol. The molecule has 0 saturated heterocycles. The van der Waals surface area contributed by atoms with E-state index >= 15 is 0 Å². The van der Waals surface area contributed by atoms with Crippen LogP contribution >= 0.6 is 0 Å². The Balaban J connectivity index is 0.959. The summed E-state index contributed by atoms with van der Waals surface area (Å²) in [6.45, 7) is 0. The topological polar surface area (TPSA) is 42.4 Å². The van der Waals surface area contributed by atoms with Gasteiger partial charge in [-0.1, -0.05) is 182 Å². The number of hydrogen-bond acceptors (Lipinski definition) is 4. The van der Waals surface area contributed by atoms with E-state index in [0.717, 1.165) is 83.5 Å². The highest BCUT2D eigenvalue weighted by Crippen LogP contribution is 2.45. The van der Waals surface area contributed by atoms with Crippen molar-refractivity contribution in [2.75, 3.05) is 4.90 Å². The molecule has 0 amide bonds. The average Bonchev–Trinajstić information content (AvgIpc) is 3.99. The van der Waals surface area contributed by atoms with Crippen molar-refractivity contribution >= 4 is 50.1 Å². The molecular weight excluding hydrogens is 793 g/mol. The number of aromatic nitrogens is 1. The van der Waals surface area contributed by atoms with Crippen molar-refractivity contribution in [2.45, 2.75) is 0 Å². The molecule has 4 nitrogen and oxygen atoms in total. The zero-order chi connectivity index (χ0) is 43.1. The first-order valence-corrected chi connectivity index (χ1v) is 21.9. The number of para-hydroxylation sites is 1. The summed E-state index contributed by atoms with van der Waals surface area (Å²) in [7, 11) is 0. The molecule has 0 unspecified atom stereocenters. The number of benzene rings is 10. The minimum atomic E-state index is 0.576. The smallest absolute Gasteiger partial charge is 0.227 e. The van der Waals surface area contributed by atoms with Crippen molar-refractivity contribution < 1.29 is 8.83 Å². The molecule has 4 heteroatoms. The molecule has 0 saturated carbocycles. The maximum absolute atomic E-state index is 6.68. The molecule has 0 aliphatic heterocycles. The Labute approximate surface area is 377 Å². The van der Waals surface area contributed by atoms with Gasteiger partial charge in [-0.2, -0.15) is 0 Å². The van der Waals surface area contributed by atoms with Gasteiger partial charge in [-0.3, -0.25) is 0 Å². The van der Waals surface area contributed by atoms with Crippen molar-refractivity contribution in [3.63, 3.8) is 0 Å². The Morgan fingerprint density at radius 2 is 0.754 bits per heavy atom. The number of furan rings is 1. The largest absolute Gasteiger partial charge is 0.456 e. The van der Waals surface area contributed by atoms with Gasteiger partial charge >= 0.3 is 0 Å². The fourth-order valence-electron chi connectivity index (χ4n) is 9.07. The summed E-state index contributed by atoms with van der Waals surface area (Å²) in [6, 6.07) is 85.4. The number of fused-ring (bicyclic) bond motifs is 4. The Morgan fingerprint density at radius 3 is 1.32 bits per heavy atom. The van der Waals surface area contributed by atoms with E-state index in [9.17, 15) is 0 Å². The molecule has 2 aromatic heterocycles. The predicted octanol–water partition coefficient (Wildman–Crippen LogP) is 17.2. The lowest BCUT2D eigenvalue weighted by Crippen LogP contribution is -2.10. The zero-order valence-corrected chi connectivity index (χ0v) is 35.3. The van der Waals surface area contributed by atoms with Crippen LogP contribution in [0, 0.1) is 0 Å². The van der Waals surface area contributed by atoms with Gasteiger partial charge in [0.2, 0.25) is 5.89 Å². The lowest BCUT2D eigenvalue weighted by atomic mass is 9.97. The van der Waals surface area contributed by atoms with Crippen molar-refractivity contribution in [1.82, 2.24) is 4.98 Å². The van der Waals surface area contributed by atoms with Crippen molar-refractivity contribution in [3.8, 4) is 67.1 Å². The zero-order valence-electron chi connectivity index (χ0n) is 35.3. The molecule has 0 spiro atoms. The quantitative estimate of drug-likeness (QED) is 0.145. The third-order valence-electron chi connectivity index (χ3n) is 12.3. The number of anilines is 3. The average molecular weight is 833 g/mol. The van der Waals surface area contributed by atoms with E-state index < -0.39 is 0 Å². The van der Waals surface area contributed by atoms with Gasteiger partial charge in [0.25, 0.3) is 0 Å². The molecule has 306 valence electrons. The van der Waals surface area contributed by atoms with Crippen LogP contribution in [-0.2, 0) is 0 Å². The summed E-state index contributed by atoms with van der Waals surface area (Å²) in [5, 5.41) is 2.04. The van der Waals surface area contributed by atoms with Crippen molar-refractivity contribution in [1.29, 1.82) is 0 Å². The molecule has 65 heavy (non-hydrogen) atoms. The normalized spacial score (nSPS) is 11.4. The molecule has 0 aliphatic rings. The Kier molecular flexibility index (Phi) is 9.46. The number of oxazole rings is 1. The van der Waals surface area contributed by atoms with Crippen LogP contribution in [0.5, 0.6) is 0 Å². The summed E-state index contributed by atoms with van der Waals surface area (Å²) < 4.78 is 13.2. The van der Waals surface area contributed by atoms with Crippen molar-refractivity contribution in [2.24, 2.45) is 0 Å². The second-order valence-electron chi connectivity index (χ2n) is 16.3. The third-order valence-corrected chi connectivity index (χ3v) is 12.3. The fraction of sp³-hybridized carbons (Fsp3) is 0. The number of nitrogens with zero attached hydrogens (tertiary/aromatic N) is 2. The van der Waals surface area contributed by atoms with Crippen LogP contribution in [0.25, 0.3) is 100 Å². The van der Waals surface area contributed by atoms with Gasteiger partial charge in [0, 0.05) is 45.0 Å². The molecule has 0 aliphatic carbocycles. The summed E-state index contributed by atoms with van der Waals surface area (Å²) in [6.07, 6.45) is 0. The molecule has 10 aromatic carbocycles. The predicted molar refractivity (Wildman–Crippen MR) is 269 cm³/mol. The highest BCUT2D eigenvalue weighted by Gasteiger charge is 2.22. The van der Waals surface area contributed by atoms with E-state index in [0.29, 0.717) is 5.89 Å². The summed E-state index contributed by atoms with van der Waals surface area (Å²) in [5.41, 5.74) is 18.5. The minimum Gasteiger partial charge on any atom is -0.456 e. The van der Waals surface area contributed by atoms with Crippen LogP contribution in [-0.4, -0.2) is 4.98 Å². The standard InChI is InChI=1S/C61H40N2O2/c1-4-13-41(14-5-1)43-23-25-45(26-24-43)46-31-35-51(36-32-46)63(53-20-12-19-50(39-53)47-29-27-44(28-30-47)42-15-6-2-7-16-42)52-37-33-48(34-38-52)58-59-54-21-10-11-22-56(54)64-57(59)40-55-60(58)65-61(62-55)49-17-8-3-9-18-49/h1-40H. The van der Waals surface area contributed by atoms with Crippen LogP contribution in [0.2, 0.25) is 0 Å². The second kappa shape index (κ2) is 16.2. The van der Waals surface area contributed by atoms with Gasteiger partial charge in [-0.05, 0) is 105 Å². The molecule has 0 bridgehead atoms. The van der Waals surface area contributed by atoms with Gasteiger partial charge < -0.3 is 13.7 Å². The molecule has 0 N–H and O–H groups in total. The Bertz CT molecular complexity index is 3600. The minimum absolute atomic E-state index is 0.576. The lowest BCUT2D eigenvalue weighted by molar-refractivity contribution is 0.621. The summed E-state index contributed by atoms with van der Waals surface area (Å²) in [4.78, 5) is 7.31. The maximum atomic E-state index is 6.68. The van der Waals surface area contributed by atoms with Gasteiger partial charge in [0.15, 0.2) is 5.58 Å². The summed E-state index contributed by atoms with van der Waals surface area (Å²) in [5.74, 6) is 0.576. The molecule has 0 atom stereocenters. The van der Waals surface area contributed by atoms with Gasteiger partial charge in [-0.25, -0.2) is 4.98 Å². The SMILES string of the molecule is c1ccc(-c2ccc(-c3ccc(N(c4ccc(-c5c6oc(-c7ccccc7)nc6cc6oc7ccccc7c56)cc4)c4cccc(-c5ccc(-c6ccccc6)cc5)c4)cc3)cc2)cc1. The molecular formula is C61H40N2O2. The Hall–Kier alpha value is -8.73. The van der Waals surface area contributed by atoms with Crippen LogP contribution in [0.3, 0.4) is 0 Å². The molecule has 12 aromatic rings. The molecule has 0 fully saturated rings. The van der Waals surface area contributed by atoms with Gasteiger partial charge in [0.05, 0.1) is 0 Å². The van der Waals surface area contributed by atoms with E-state index in [1.165, 1.54) is 27.8 Å². The number of hydrogen-bond donors (Lipinski definition) is 0. The fourth-order valence-corrected chi connectivity index (χ4v) is 9.07. The van der Waals surface area contributed by atoms with Crippen LogP contribution < -0.4 is 4.90 Å². The molecule has 2 heterocycles. The first-order chi connectivity index (χ1) is 32.2. The van der Waals surface area contributed by atoms with Gasteiger partial charge in [0.1, 0.15) is 16.7 Å². The highest BCUT2D eigenvalue weighted by atomic mass is 16.4. The van der Waals surface area contributed by atoms with E-state index in [1.807, 2.05) is 48.5 Å². The molecule has 12 rings (SSSR count). The van der Waals surface area contributed by atoms with E-state index in [-0.39, 0.29) is 0 Å². The lowest BCUT2D eigenvalue weighted by Gasteiger charge is -2.26. The summed E-state index contributed by atoms with van der Waals surface area (Å²) >= 11 is 0. The van der Waals surface area contributed by atoms with Crippen LogP contribution in [0.15, 0.2) is 251 Å². The van der Waals surface area contributed by atoms with Crippen LogP contribution in [0.4, 0.5) is 17.1 Å². The van der Waals surface area contributed by atoms with E-state index in [1.54, 1.807) is 0 Å². The highest BCUT2D eigenvalue weighted by molar-refractivity contribution is 6.19. The molecule has 0 radical (unpaired) electrons. The van der Waals surface area contributed by atoms with Crippen LogP contribution in [0.1, 0.15) is 0 Å². The van der Waals surface area contributed by atoms with Gasteiger partial charge in [-0.15, -0.1) is 0 Å². The second-order valence-corrected chi connectivity index (χ2v) is 16.3. The number of rotatable bonds is 9.